The molecule has 1 aliphatic heterocycles. The fraction of sp³-hybridized carbons (Fsp3) is 0.308. The van der Waals surface area contributed by atoms with Crippen LogP contribution in [0, 0.1) is 13.8 Å². The standard InChI is InChI=1S/C26H29N3O4/c1-5-29-13-12-20-8-9-21(15-23(20)29)27-26(30)11-7-19-6-10-24(25(14-19)31-4)32-16-22-17(2)28-33-18(22)3/h6-11,14-15H,5,12-13,16H2,1-4H3,(H,27,30)/b11-7+. The third kappa shape index (κ3) is 5.03. The van der Waals surface area contributed by atoms with Gasteiger partial charge in [0.25, 0.3) is 0 Å². The van der Waals surface area contributed by atoms with Gasteiger partial charge in [-0.1, -0.05) is 17.3 Å². The van der Waals surface area contributed by atoms with Crippen LogP contribution >= 0.6 is 0 Å². The van der Waals surface area contributed by atoms with Crippen molar-refractivity contribution in [3.05, 3.63) is 70.6 Å². The molecule has 0 fully saturated rings. The van der Waals surface area contributed by atoms with Crippen molar-refractivity contribution in [3.8, 4) is 11.5 Å². The van der Waals surface area contributed by atoms with Crippen LogP contribution in [0.25, 0.3) is 6.08 Å². The number of carbonyl (C=O) groups is 1. The minimum Gasteiger partial charge on any atom is -0.493 e. The smallest absolute Gasteiger partial charge is 0.248 e. The lowest BCUT2D eigenvalue weighted by molar-refractivity contribution is -0.111. The maximum atomic E-state index is 12.5. The minimum atomic E-state index is -0.186. The zero-order valence-electron chi connectivity index (χ0n) is 19.5. The van der Waals surface area contributed by atoms with Gasteiger partial charge >= 0.3 is 0 Å². The van der Waals surface area contributed by atoms with Gasteiger partial charge in [0.2, 0.25) is 5.91 Å². The summed E-state index contributed by atoms with van der Waals surface area (Å²) in [6.45, 7) is 8.22. The first-order valence-corrected chi connectivity index (χ1v) is 11.1. The van der Waals surface area contributed by atoms with Gasteiger partial charge in [-0.2, -0.15) is 0 Å². The number of hydrogen-bond donors (Lipinski definition) is 1. The zero-order chi connectivity index (χ0) is 23.4. The van der Waals surface area contributed by atoms with E-state index < -0.39 is 0 Å². The molecule has 0 aliphatic carbocycles. The lowest BCUT2D eigenvalue weighted by Gasteiger charge is -2.17. The van der Waals surface area contributed by atoms with E-state index in [0.717, 1.165) is 47.8 Å². The summed E-state index contributed by atoms with van der Waals surface area (Å²) in [5.74, 6) is 1.75. The Morgan fingerprint density at radius 2 is 2.06 bits per heavy atom. The van der Waals surface area contributed by atoms with Crippen molar-refractivity contribution in [2.75, 3.05) is 30.4 Å². The number of rotatable bonds is 8. The molecule has 0 unspecified atom stereocenters. The number of methoxy groups -OCH3 is 1. The van der Waals surface area contributed by atoms with E-state index in [1.165, 1.54) is 17.3 Å². The molecule has 2 heterocycles. The third-order valence-electron chi connectivity index (χ3n) is 5.89. The highest BCUT2D eigenvalue weighted by Crippen LogP contribution is 2.31. The first kappa shape index (κ1) is 22.5. The molecule has 3 aromatic rings. The average Bonchev–Trinajstić information content (AvgIpc) is 3.38. The molecule has 1 N–H and O–H groups in total. The van der Waals surface area contributed by atoms with Gasteiger partial charge in [0, 0.05) is 30.5 Å². The van der Waals surface area contributed by atoms with E-state index in [1.54, 1.807) is 13.2 Å². The number of anilines is 2. The summed E-state index contributed by atoms with van der Waals surface area (Å²) in [6.07, 6.45) is 4.32. The van der Waals surface area contributed by atoms with Gasteiger partial charge in [0.05, 0.1) is 18.4 Å². The Morgan fingerprint density at radius 1 is 1.21 bits per heavy atom. The number of ether oxygens (including phenoxy) is 2. The van der Waals surface area contributed by atoms with Crippen LogP contribution in [0.3, 0.4) is 0 Å². The number of carbonyl (C=O) groups excluding carboxylic acids is 1. The SMILES string of the molecule is CCN1CCc2ccc(NC(=O)/C=C/c3ccc(OCc4c(C)noc4C)c(OC)c3)cc21. The second-order valence-corrected chi connectivity index (χ2v) is 8.00. The van der Waals surface area contributed by atoms with Gasteiger partial charge < -0.3 is 24.2 Å². The van der Waals surface area contributed by atoms with Gasteiger partial charge in [0.1, 0.15) is 12.4 Å². The van der Waals surface area contributed by atoms with E-state index in [0.29, 0.717) is 18.1 Å². The Bertz CT molecular complexity index is 1160. The van der Waals surface area contributed by atoms with E-state index in [9.17, 15) is 4.79 Å². The normalized spacial score (nSPS) is 12.8. The molecule has 1 aromatic heterocycles. The molecule has 0 atom stereocenters. The van der Waals surface area contributed by atoms with E-state index in [4.69, 9.17) is 14.0 Å². The maximum Gasteiger partial charge on any atom is 0.248 e. The van der Waals surface area contributed by atoms with Crippen LogP contribution in [-0.4, -0.2) is 31.3 Å². The lowest BCUT2D eigenvalue weighted by atomic mass is 10.1. The molecule has 0 bridgehead atoms. The van der Waals surface area contributed by atoms with Crippen LogP contribution in [-0.2, 0) is 17.8 Å². The van der Waals surface area contributed by atoms with Crippen molar-refractivity contribution < 1.29 is 18.8 Å². The molecule has 2 aromatic carbocycles. The number of aromatic nitrogens is 1. The zero-order valence-corrected chi connectivity index (χ0v) is 19.5. The average molecular weight is 448 g/mol. The van der Waals surface area contributed by atoms with Gasteiger partial charge in [-0.15, -0.1) is 0 Å². The summed E-state index contributed by atoms with van der Waals surface area (Å²) in [7, 11) is 1.59. The molecule has 33 heavy (non-hydrogen) atoms. The Morgan fingerprint density at radius 3 is 2.79 bits per heavy atom. The molecular formula is C26H29N3O4. The number of likely N-dealkylation sites (N-methyl/N-ethyl adjacent to an activating group) is 1. The van der Waals surface area contributed by atoms with Crippen LogP contribution in [0.1, 0.15) is 35.1 Å². The van der Waals surface area contributed by atoms with E-state index in [2.05, 4.69) is 28.4 Å². The molecular weight excluding hydrogens is 418 g/mol. The molecule has 7 nitrogen and oxygen atoms in total. The summed E-state index contributed by atoms with van der Waals surface area (Å²) >= 11 is 0. The second kappa shape index (κ2) is 9.81. The van der Waals surface area contributed by atoms with Crippen LogP contribution in [0.5, 0.6) is 11.5 Å². The van der Waals surface area contributed by atoms with Crippen LogP contribution in [0.4, 0.5) is 11.4 Å². The summed E-state index contributed by atoms with van der Waals surface area (Å²) in [5, 5.41) is 6.90. The number of nitrogens with zero attached hydrogens (tertiary/aromatic N) is 2. The monoisotopic (exact) mass is 447 g/mol. The predicted molar refractivity (Wildman–Crippen MR) is 129 cm³/mol. The molecule has 0 radical (unpaired) electrons. The highest BCUT2D eigenvalue weighted by atomic mass is 16.5. The Kier molecular flexibility index (Phi) is 6.68. The molecule has 172 valence electrons. The molecule has 0 spiro atoms. The highest BCUT2D eigenvalue weighted by Gasteiger charge is 2.18. The van der Waals surface area contributed by atoms with Crippen LogP contribution < -0.4 is 19.7 Å². The van der Waals surface area contributed by atoms with Crippen molar-refractivity contribution >= 4 is 23.4 Å². The number of fused-ring (bicyclic) bond motifs is 1. The molecule has 1 aliphatic rings. The largest absolute Gasteiger partial charge is 0.493 e. The van der Waals surface area contributed by atoms with Crippen molar-refractivity contribution in [2.24, 2.45) is 0 Å². The van der Waals surface area contributed by atoms with Gasteiger partial charge in [-0.05, 0) is 68.7 Å². The molecule has 0 saturated carbocycles. The Labute approximate surface area is 194 Å². The van der Waals surface area contributed by atoms with Crippen molar-refractivity contribution in [3.63, 3.8) is 0 Å². The number of aryl methyl sites for hydroxylation is 2. The number of nitrogens with one attached hydrogen (secondary N) is 1. The molecule has 4 rings (SSSR count). The van der Waals surface area contributed by atoms with Gasteiger partial charge in [-0.25, -0.2) is 0 Å². The molecule has 0 saturated heterocycles. The van der Waals surface area contributed by atoms with Crippen LogP contribution in [0.2, 0.25) is 0 Å². The number of amides is 1. The van der Waals surface area contributed by atoms with Crippen molar-refractivity contribution in [2.45, 2.75) is 33.8 Å². The van der Waals surface area contributed by atoms with Crippen LogP contribution in [0.15, 0.2) is 47.0 Å². The summed E-state index contributed by atoms with van der Waals surface area (Å²) < 4.78 is 16.6. The topological polar surface area (TPSA) is 76.8 Å². The summed E-state index contributed by atoms with van der Waals surface area (Å²) in [4.78, 5) is 14.8. The van der Waals surface area contributed by atoms with Gasteiger partial charge in [-0.3, -0.25) is 4.79 Å². The van der Waals surface area contributed by atoms with E-state index in [-0.39, 0.29) is 5.91 Å². The summed E-state index contributed by atoms with van der Waals surface area (Å²) in [6, 6.07) is 11.6. The fourth-order valence-corrected chi connectivity index (χ4v) is 3.97. The minimum absolute atomic E-state index is 0.186. The maximum absolute atomic E-state index is 12.5. The first-order chi connectivity index (χ1) is 16.0. The van der Waals surface area contributed by atoms with E-state index in [1.807, 2.05) is 44.2 Å². The lowest BCUT2D eigenvalue weighted by Crippen LogP contribution is -2.19. The van der Waals surface area contributed by atoms with Crippen molar-refractivity contribution in [1.82, 2.24) is 5.16 Å². The third-order valence-corrected chi connectivity index (χ3v) is 5.89. The number of hydrogen-bond acceptors (Lipinski definition) is 6. The Balaban J connectivity index is 1.40. The summed E-state index contributed by atoms with van der Waals surface area (Å²) in [5.41, 5.74) is 5.89. The molecule has 1 amide bonds. The first-order valence-electron chi connectivity index (χ1n) is 11.1. The van der Waals surface area contributed by atoms with Crippen molar-refractivity contribution in [1.29, 1.82) is 0 Å². The predicted octanol–water partition coefficient (Wildman–Crippen LogP) is 4.91. The molecule has 7 heteroatoms. The quantitative estimate of drug-likeness (QED) is 0.494. The fourth-order valence-electron chi connectivity index (χ4n) is 3.97. The highest BCUT2D eigenvalue weighted by molar-refractivity contribution is 6.02. The number of benzene rings is 2. The van der Waals surface area contributed by atoms with E-state index >= 15 is 0 Å². The second-order valence-electron chi connectivity index (χ2n) is 8.00. The Hall–Kier alpha value is -3.74. The van der Waals surface area contributed by atoms with Gasteiger partial charge in [0.15, 0.2) is 11.5 Å².